The molecule has 2 atom stereocenters. The van der Waals surface area contributed by atoms with E-state index in [-0.39, 0.29) is 12.6 Å². The van der Waals surface area contributed by atoms with E-state index in [9.17, 15) is 5.11 Å². The van der Waals surface area contributed by atoms with E-state index in [0.29, 0.717) is 11.1 Å². The number of halogens is 2. The third-order valence-electron chi connectivity index (χ3n) is 2.62. The second kappa shape index (κ2) is 6.60. The molecule has 0 spiro atoms. The van der Waals surface area contributed by atoms with Crippen molar-refractivity contribution in [1.82, 2.24) is 5.32 Å². The van der Waals surface area contributed by atoms with Gasteiger partial charge in [-0.1, -0.05) is 40.5 Å². The van der Waals surface area contributed by atoms with Gasteiger partial charge in [0.2, 0.25) is 0 Å². The molecule has 0 fully saturated rings. The first-order chi connectivity index (χ1) is 7.58. The van der Waals surface area contributed by atoms with Crippen LogP contribution in [0.15, 0.2) is 22.7 Å². The highest BCUT2D eigenvalue weighted by molar-refractivity contribution is 9.10. The molecule has 0 aliphatic heterocycles. The molecule has 0 bridgehead atoms. The Morgan fingerprint density at radius 1 is 1.50 bits per heavy atom. The van der Waals surface area contributed by atoms with Gasteiger partial charge < -0.3 is 10.4 Å². The Bertz CT molecular complexity index is 346. The molecule has 0 aliphatic rings. The first-order valence-corrected chi connectivity index (χ1v) is 6.57. The molecule has 2 unspecified atom stereocenters. The zero-order valence-corrected chi connectivity index (χ0v) is 11.8. The van der Waals surface area contributed by atoms with Crippen molar-refractivity contribution in [1.29, 1.82) is 0 Å². The molecule has 0 aliphatic carbocycles. The van der Waals surface area contributed by atoms with E-state index < -0.39 is 0 Å². The van der Waals surface area contributed by atoms with E-state index in [1.165, 1.54) is 0 Å². The maximum Gasteiger partial charge on any atom is 0.0627 e. The average Bonchev–Trinajstić information content (AvgIpc) is 2.26. The van der Waals surface area contributed by atoms with Crippen LogP contribution in [-0.4, -0.2) is 17.8 Å². The second-order valence-corrected chi connectivity index (χ2v) is 5.17. The number of hydrogen-bond donors (Lipinski definition) is 2. The lowest BCUT2D eigenvalue weighted by molar-refractivity contribution is 0.233. The summed E-state index contributed by atoms with van der Waals surface area (Å²) in [6, 6.07) is 5.93. The van der Waals surface area contributed by atoms with Gasteiger partial charge in [0.15, 0.2) is 0 Å². The van der Waals surface area contributed by atoms with Crippen LogP contribution in [0.1, 0.15) is 31.9 Å². The average molecular weight is 307 g/mol. The van der Waals surface area contributed by atoms with Crippen LogP contribution in [0.5, 0.6) is 0 Å². The van der Waals surface area contributed by atoms with Gasteiger partial charge in [0.05, 0.1) is 12.6 Å². The van der Waals surface area contributed by atoms with Crippen molar-refractivity contribution in [3.8, 4) is 0 Å². The largest absolute Gasteiger partial charge is 0.394 e. The lowest BCUT2D eigenvalue weighted by Gasteiger charge is -2.22. The molecule has 2 nitrogen and oxygen atoms in total. The van der Waals surface area contributed by atoms with Crippen LogP contribution in [0.4, 0.5) is 0 Å². The Kier molecular flexibility index (Phi) is 5.76. The molecule has 2 N–H and O–H groups in total. The van der Waals surface area contributed by atoms with Crippen molar-refractivity contribution in [3.05, 3.63) is 33.3 Å². The molecule has 0 saturated heterocycles. The monoisotopic (exact) mass is 305 g/mol. The highest BCUT2D eigenvalue weighted by Gasteiger charge is 2.15. The fraction of sp³-hybridized carbons (Fsp3) is 0.500. The SMILES string of the molecule is CCC(C)NC(CO)c1ccc(Cl)cc1Br. The molecule has 0 saturated carbocycles. The van der Waals surface area contributed by atoms with Crippen molar-refractivity contribution >= 4 is 27.5 Å². The minimum Gasteiger partial charge on any atom is -0.394 e. The summed E-state index contributed by atoms with van der Waals surface area (Å²) in [5.41, 5.74) is 1.03. The van der Waals surface area contributed by atoms with Gasteiger partial charge in [-0.3, -0.25) is 0 Å². The van der Waals surface area contributed by atoms with Gasteiger partial charge in [0, 0.05) is 15.5 Å². The normalized spacial score (nSPS) is 14.8. The molecule has 0 amide bonds. The van der Waals surface area contributed by atoms with E-state index in [1.54, 1.807) is 0 Å². The predicted molar refractivity (Wildman–Crippen MR) is 71.9 cm³/mol. The Hall–Kier alpha value is -0.0900. The zero-order valence-electron chi connectivity index (χ0n) is 9.50. The zero-order chi connectivity index (χ0) is 12.1. The minimum atomic E-state index is -0.0541. The van der Waals surface area contributed by atoms with Crippen LogP contribution >= 0.6 is 27.5 Å². The van der Waals surface area contributed by atoms with Crippen molar-refractivity contribution < 1.29 is 5.11 Å². The summed E-state index contributed by atoms with van der Waals surface area (Å²) in [4.78, 5) is 0. The third-order valence-corrected chi connectivity index (χ3v) is 3.54. The fourth-order valence-electron chi connectivity index (χ4n) is 1.49. The Morgan fingerprint density at radius 3 is 2.69 bits per heavy atom. The highest BCUT2D eigenvalue weighted by atomic mass is 79.9. The van der Waals surface area contributed by atoms with Gasteiger partial charge in [0.25, 0.3) is 0 Å². The Morgan fingerprint density at radius 2 is 2.19 bits per heavy atom. The van der Waals surface area contributed by atoms with Crippen LogP contribution < -0.4 is 5.32 Å². The summed E-state index contributed by atoms with van der Waals surface area (Å²) in [5, 5.41) is 13.5. The van der Waals surface area contributed by atoms with Gasteiger partial charge in [-0.15, -0.1) is 0 Å². The molecular weight excluding hydrogens is 289 g/mol. The summed E-state index contributed by atoms with van der Waals surface area (Å²) < 4.78 is 0.926. The van der Waals surface area contributed by atoms with Crippen LogP contribution in [0.3, 0.4) is 0 Å². The van der Waals surface area contributed by atoms with Crippen LogP contribution in [0, 0.1) is 0 Å². The summed E-state index contributed by atoms with van der Waals surface area (Å²) in [6.45, 7) is 4.29. The summed E-state index contributed by atoms with van der Waals surface area (Å²) >= 11 is 9.35. The number of hydrogen-bond acceptors (Lipinski definition) is 2. The number of nitrogens with one attached hydrogen (secondary N) is 1. The highest BCUT2D eigenvalue weighted by Crippen LogP contribution is 2.26. The number of rotatable bonds is 5. The maximum absolute atomic E-state index is 9.40. The van der Waals surface area contributed by atoms with E-state index in [1.807, 2.05) is 18.2 Å². The third kappa shape index (κ3) is 3.74. The quantitative estimate of drug-likeness (QED) is 0.872. The second-order valence-electron chi connectivity index (χ2n) is 3.88. The van der Waals surface area contributed by atoms with E-state index in [2.05, 4.69) is 35.1 Å². The van der Waals surface area contributed by atoms with Gasteiger partial charge in [0.1, 0.15) is 0 Å². The summed E-state index contributed by atoms with van der Waals surface area (Å²) in [5.74, 6) is 0. The van der Waals surface area contributed by atoms with Gasteiger partial charge in [-0.25, -0.2) is 0 Å². The predicted octanol–water partition coefficient (Wildman–Crippen LogP) is 3.52. The Balaban J connectivity index is 2.86. The molecule has 1 aromatic carbocycles. The molecule has 90 valence electrons. The van der Waals surface area contributed by atoms with Crippen molar-refractivity contribution in [2.24, 2.45) is 0 Å². The number of aliphatic hydroxyl groups is 1. The topological polar surface area (TPSA) is 32.3 Å². The van der Waals surface area contributed by atoms with Crippen molar-refractivity contribution in [2.45, 2.75) is 32.4 Å². The van der Waals surface area contributed by atoms with Gasteiger partial charge in [-0.2, -0.15) is 0 Å². The molecule has 0 radical (unpaired) electrons. The molecule has 0 aromatic heterocycles. The molecule has 4 heteroatoms. The summed E-state index contributed by atoms with van der Waals surface area (Å²) in [6.07, 6.45) is 1.03. The number of benzene rings is 1. The van der Waals surface area contributed by atoms with Crippen LogP contribution in [-0.2, 0) is 0 Å². The smallest absolute Gasteiger partial charge is 0.0627 e. The lowest BCUT2D eigenvalue weighted by Crippen LogP contribution is -2.32. The first kappa shape index (κ1) is 14.0. The van der Waals surface area contributed by atoms with E-state index in [0.717, 1.165) is 16.5 Å². The molecule has 1 aromatic rings. The summed E-state index contributed by atoms with van der Waals surface area (Å²) in [7, 11) is 0. The van der Waals surface area contributed by atoms with Crippen molar-refractivity contribution in [2.75, 3.05) is 6.61 Å². The van der Waals surface area contributed by atoms with Crippen LogP contribution in [0.25, 0.3) is 0 Å². The van der Waals surface area contributed by atoms with Gasteiger partial charge in [-0.05, 0) is 31.0 Å². The molecule has 16 heavy (non-hydrogen) atoms. The lowest BCUT2D eigenvalue weighted by atomic mass is 10.1. The van der Waals surface area contributed by atoms with Gasteiger partial charge >= 0.3 is 0 Å². The maximum atomic E-state index is 9.40. The molecule has 1 rings (SSSR count). The molecular formula is C12H17BrClNO. The minimum absolute atomic E-state index is 0.0541. The Labute approximate surface area is 110 Å². The van der Waals surface area contributed by atoms with E-state index >= 15 is 0 Å². The van der Waals surface area contributed by atoms with Crippen LogP contribution in [0.2, 0.25) is 5.02 Å². The van der Waals surface area contributed by atoms with Crippen molar-refractivity contribution in [3.63, 3.8) is 0 Å². The van der Waals surface area contributed by atoms with E-state index in [4.69, 9.17) is 11.6 Å². The number of aliphatic hydroxyl groups excluding tert-OH is 1. The standard InChI is InChI=1S/C12H17BrClNO/c1-3-8(2)15-12(7-16)10-5-4-9(14)6-11(10)13/h4-6,8,12,15-16H,3,7H2,1-2H3. The molecule has 0 heterocycles. The fourth-order valence-corrected chi connectivity index (χ4v) is 2.45. The first-order valence-electron chi connectivity index (χ1n) is 5.40.